The van der Waals surface area contributed by atoms with Gasteiger partial charge < -0.3 is 9.47 Å². The minimum Gasteiger partial charge on any atom is -0.496 e. The topological polar surface area (TPSA) is 82.1 Å². The van der Waals surface area contributed by atoms with Gasteiger partial charge in [0.25, 0.3) is 10.1 Å². The van der Waals surface area contributed by atoms with E-state index in [1.54, 1.807) is 13.2 Å². The number of ether oxygens (including phenoxy) is 2. The van der Waals surface area contributed by atoms with E-state index in [-0.39, 0.29) is 19.3 Å². The van der Waals surface area contributed by atoms with E-state index in [0.717, 1.165) is 17.4 Å². The average molecular weight is 325 g/mol. The Labute approximate surface area is 128 Å². The molecule has 1 amide bonds. The van der Waals surface area contributed by atoms with Crippen molar-refractivity contribution >= 4 is 22.3 Å². The van der Waals surface area contributed by atoms with Crippen LogP contribution in [0.4, 0.5) is 4.79 Å². The van der Waals surface area contributed by atoms with Gasteiger partial charge in [-0.1, -0.05) is 12.1 Å². The van der Waals surface area contributed by atoms with Crippen LogP contribution in [0.15, 0.2) is 23.9 Å². The number of hydrogen-bond acceptors (Lipinski definition) is 6. The normalized spacial score (nSPS) is 20.1. The van der Waals surface area contributed by atoms with Crippen molar-refractivity contribution in [2.45, 2.75) is 6.04 Å². The molecular formula is C14H15NO6S. The van der Waals surface area contributed by atoms with Crippen molar-refractivity contribution in [3.63, 3.8) is 0 Å². The summed E-state index contributed by atoms with van der Waals surface area (Å²) in [6.45, 7) is -0.0382. The number of methoxy groups -OCH3 is 1. The van der Waals surface area contributed by atoms with Crippen LogP contribution in [-0.4, -0.2) is 46.0 Å². The number of amides is 1. The van der Waals surface area contributed by atoms with E-state index < -0.39 is 16.2 Å². The van der Waals surface area contributed by atoms with Gasteiger partial charge in [0.1, 0.15) is 25.0 Å². The number of hydrogen-bond donors (Lipinski definition) is 0. The Kier molecular flexibility index (Phi) is 3.57. The Morgan fingerprint density at radius 2 is 2.18 bits per heavy atom. The van der Waals surface area contributed by atoms with Crippen molar-refractivity contribution in [1.29, 1.82) is 0 Å². The number of fused-ring (bicyclic) bond motifs is 3. The molecule has 0 bridgehead atoms. The number of rotatable bonds is 4. The van der Waals surface area contributed by atoms with Gasteiger partial charge in [0.2, 0.25) is 0 Å². The van der Waals surface area contributed by atoms with Crippen LogP contribution < -0.4 is 4.74 Å². The fraction of sp³-hybridized carbons (Fsp3) is 0.357. The smallest absolute Gasteiger partial charge is 0.414 e. The summed E-state index contributed by atoms with van der Waals surface area (Å²) in [5.41, 5.74) is 2.14. The number of benzene rings is 1. The second-order valence-corrected chi connectivity index (χ2v) is 6.67. The minimum atomic E-state index is -3.60. The van der Waals surface area contributed by atoms with Gasteiger partial charge in [-0.3, -0.25) is 9.08 Å². The molecule has 8 heteroatoms. The molecule has 7 nitrogen and oxygen atoms in total. The summed E-state index contributed by atoms with van der Waals surface area (Å²) in [7, 11) is -2.05. The van der Waals surface area contributed by atoms with Gasteiger partial charge in [0.05, 0.1) is 19.1 Å². The van der Waals surface area contributed by atoms with Gasteiger partial charge in [-0.2, -0.15) is 8.42 Å². The predicted molar refractivity (Wildman–Crippen MR) is 77.7 cm³/mol. The second kappa shape index (κ2) is 5.29. The maximum atomic E-state index is 12.0. The van der Waals surface area contributed by atoms with Gasteiger partial charge >= 0.3 is 6.09 Å². The zero-order valence-corrected chi connectivity index (χ0v) is 12.9. The molecule has 1 atom stereocenters. The van der Waals surface area contributed by atoms with Crippen molar-refractivity contribution in [1.82, 2.24) is 4.90 Å². The third kappa shape index (κ3) is 2.55. The van der Waals surface area contributed by atoms with Crippen LogP contribution in [0.25, 0.3) is 6.08 Å². The van der Waals surface area contributed by atoms with E-state index in [2.05, 4.69) is 0 Å². The summed E-state index contributed by atoms with van der Waals surface area (Å²) in [6, 6.07) is 5.17. The van der Waals surface area contributed by atoms with E-state index in [0.29, 0.717) is 11.4 Å². The summed E-state index contributed by atoms with van der Waals surface area (Å²) in [5.74, 6) is 0.658. The highest BCUT2D eigenvalue weighted by Crippen LogP contribution is 2.42. The van der Waals surface area contributed by atoms with Crippen molar-refractivity contribution in [3.05, 3.63) is 35.0 Å². The molecule has 0 aliphatic carbocycles. The molecule has 118 valence electrons. The quantitative estimate of drug-likeness (QED) is 0.781. The summed E-state index contributed by atoms with van der Waals surface area (Å²) in [5, 5.41) is 0. The summed E-state index contributed by atoms with van der Waals surface area (Å²) in [6.07, 6.45) is 2.16. The summed E-state index contributed by atoms with van der Waals surface area (Å²) < 4.78 is 37.7. The average Bonchev–Trinajstić information content (AvgIpc) is 2.85. The number of nitrogens with zero attached hydrogens (tertiary/aromatic N) is 1. The molecule has 2 aliphatic heterocycles. The van der Waals surface area contributed by atoms with Gasteiger partial charge in [-0.15, -0.1) is 0 Å². The van der Waals surface area contributed by atoms with Gasteiger partial charge in [-0.05, 0) is 17.7 Å². The van der Waals surface area contributed by atoms with Gasteiger partial charge in [-0.25, -0.2) is 4.79 Å². The Hall–Kier alpha value is -2.06. The SMILES string of the molecule is COc1cccc2c1C1COC(=O)N1C(COS(C)(=O)=O)=C2. The molecule has 0 radical (unpaired) electrons. The Balaban J connectivity index is 2.05. The van der Waals surface area contributed by atoms with Crippen molar-refractivity contribution in [2.24, 2.45) is 0 Å². The molecule has 1 aromatic rings. The van der Waals surface area contributed by atoms with E-state index in [1.807, 2.05) is 18.2 Å². The zero-order chi connectivity index (χ0) is 15.9. The maximum Gasteiger partial charge on any atom is 0.414 e. The lowest BCUT2D eigenvalue weighted by molar-refractivity contribution is 0.161. The molecule has 1 fully saturated rings. The summed E-state index contributed by atoms with van der Waals surface area (Å²) in [4.78, 5) is 13.4. The van der Waals surface area contributed by atoms with Crippen LogP contribution >= 0.6 is 0 Å². The van der Waals surface area contributed by atoms with E-state index in [4.69, 9.17) is 13.7 Å². The van der Waals surface area contributed by atoms with E-state index in [1.165, 1.54) is 4.90 Å². The number of cyclic esters (lactones) is 1. The van der Waals surface area contributed by atoms with Crippen molar-refractivity contribution in [2.75, 3.05) is 26.6 Å². The first-order valence-corrected chi connectivity index (χ1v) is 8.40. The highest BCUT2D eigenvalue weighted by Gasteiger charge is 2.41. The first-order valence-electron chi connectivity index (χ1n) is 6.58. The maximum absolute atomic E-state index is 12.0. The highest BCUT2D eigenvalue weighted by atomic mass is 32.2. The number of carbonyl (C=O) groups is 1. The first kappa shape index (κ1) is 14.9. The van der Waals surface area contributed by atoms with Gasteiger partial charge in [0.15, 0.2) is 0 Å². The Morgan fingerprint density at radius 1 is 1.41 bits per heavy atom. The van der Waals surface area contributed by atoms with Crippen LogP contribution in [0.2, 0.25) is 0 Å². The largest absolute Gasteiger partial charge is 0.496 e. The third-order valence-electron chi connectivity index (χ3n) is 3.58. The summed E-state index contributed by atoms with van der Waals surface area (Å²) >= 11 is 0. The molecule has 2 heterocycles. The second-order valence-electron chi connectivity index (χ2n) is 5.03. The predicted octanol–water partition coefficient (Wildman–Crippen LogP) is 1.52. The highest BCUT2D eigenvalue weighted by molar-refractivity contribution is 7.86. The molecule has 0 saturated carbocycles. The lowest BCUT2D eigenvalue weighted by Gasteiger charge is -2.30. The molecule has 0 aromatic heterocycles. The standard InChI is InChI=1S/C14H15NO6S/c1-19-12-5-3-4-9-6-10(7-21-22(2,17)18)15-11(13(9)12)8-20-14(15)16/h3-6,11H,7-8H2,1-2H3. The molecule has 0 N–H and O–H groups in total. The Morgan fingerprint density at radius 3 is 2.86 bits per heavy atom. The molecule has 3 rings (SSSR count). The van der Waals surface area contributed by atoms with Gasteiger partial charge in [0, 0.05) is 5.56 Å². The van der Waals surface area contributed by atoms with Crippen LogP contribution in [0.1, 0.15) is 17.2 Å². The van der Waals surface area contributed by atoms with E-state index >= 15 is 0 Å². The monoisotopic (exact) mass is 325 g/mol. The Bertz CT molecular complexity index is 755. The minimum absolute atomic E-state index is 0.183. The molecule has 2 aliphatic rings. The molecule has 1 aromatic carbocycles. The van der Waals surface area contributed by atoms with Crippen LogP contribution in [0.5, 0.6) is 5.75 Å². The fourth-order valence-corrected chi connectivity index (χ4v) is 3.04. The van der Waals surface area contributed by atoms with Crippen molar-refractivity contribution in [3.8, 4) is 5.75 Å². The third-order valence-corrected chi connectivity index (χ3v) is 4.12. The lowest BCUT2D eigenvalue weighted by atomic mass is 9.94. The molecule has 1 unspecified atom stereocenters. The molecule has 0 spiro atoms. The van der Waals surface area contributed by atoms with Crippen LogP contribution in [-0.2, 0) is 19.0 Å². The lowest BCUT2D eigenvalue weighted by Crippen LogP contribution is -2.32. The van der Waals surface area contributed by atoms with E-state index in [9.17, 15) is 13.2 Å². The zero-order valence-electron chi connectivity index (χ0n) is 12.1. The number of carbonyl (C=O) groups excluding carboxylic acids is 1. The van der Waals surface area contributed by atoms with Crippen molar-refractivity contribution < 1.29 is 26.9 Å². The fourth-order valence-electron chi connectivity index (χ4n) is 2.70. The molecule has 22 heavy (non-hydrogen) atoms. The first-order chi connectivity index (χ1) is 10.4. The molecular weight excluding hydrogens is 310 g/mol. The van der Waals surface area contributed by atoms with Crippen LogP contribution in [0, 0.1) is 0 Å². The molecule has 1 saturated heterocycles. The van der Waals surface area contributed by atoms with Crippen LogP contribution in [0.3, 0.4) is 0 Å².